The van der Waals surface area contributed by atoms with Crippen LogP contribution in [0.4, 0.5) is 0 Å². The average molecular weight is 479 g/mol. The summed E-state index contributed by atoms with van der Waals surface area (Å²) in [5.74, 6) is 1.90. The zero-order chi connectivity index (χ0) is 22.8. The quantitative estimate of drug-likeness (QED) is 0.408. The van der Waals surface area contributed by atoms with Crippen molar-refractivity contribution in [3.8, 4) is 16.2 Å². The fourth-order valence-corrected chi connectivity index (χ4v) is 5.50. The van der Waals surface area contributed by atoms with Gasteiger partial charge in [0.25, 0.3) is 11.5 Å². The number of aromatic amines is 1. The molecule has 1 N–H and O–H groups in total. The molecular formula is C24H22N4O3S2. The molecule has 0 aliphatic carbocycles. The molecule has 5 rings (SSSR count). The number of amides is 1. The van der Waals surface area contributed by atoms with E-state index in [0.717, 1.165) is 47.1 Å². The molecule has 1 aliphatic heterocycles. The molecule has 1 saturated heterocycles. The number of aromatic nitrogens is 3. The highest BCUT2D eigenvalue weighted by atomic mass is 32.2. The number of carbonyl (C=O) groups is 1. The number of hydrogen-bond acceptors (Lipinski definition) is 7. The lowest BCUT2D eigenvalue weighted by molar-refractivity contribution is 0.0792. The number of thioether (sulfide) groups is 1. The summed E-state index contributed by atoms with van der Waals surface area (Å²) < 4.78 is 5.82. The van der Waals surface area contributed by atoms with Crippen LogP contribution in [0.15, 0.2) is 58.5 Å². The van der Waals surface area contributed by atoms with Crippen LogP contribution in [0.25, 0.3) is 20.7 Å². The molecule has 0 saturated carbocycles. The molecule has 0 bridgehead atoms. The van der Waals surface area contributed by atoms with Crippen molar-refractivity contribution >= 4 is 39.2 Å². The zero-order valence-corrected chi connectivity index (χ0v) is 19.7. The number of carbonyl (C=O) groups excluding carboxylic acids is 1. The second kappa shape index (κ2) is 9.36. The summed E-state index contributed by atoms with van der Waals surface area (Å²) in [4.78, 5) is 39.9. The number of fused-ring (bicyclic) bond motifs is 1. The Morgan fingerprint density at radius 2 is 1.97 bits per heavy atom. The molecule has 1 aromatic carbocycles. The van der Waals surface area contributed by atoms with E-state index in [-0.39, 0.29) is 11.5 Å². The van der Waals surface area contributed by atoms with E-state index in [0.29, 0.717) is 27.4 Å². The molecule has 33 heavy (non-hydrogen) atoms. The predicted octanol–water partition coefficient (Wildman–Crippen LogP) is 4.58. The summed E-state index contributed by atoms with van der Waals surface area (Å²) in [6.07, 6.45) is 3.76. The van der Waals surface area contributed by atoms with Crippen molar-refractivity contribution in [3.05, 3.63) is 70.4 Å². The highest BCUT2D eigenvalue weighted by molar-refractivity contribution is 7.98. The van der Waals surface area contributed by atoms with Gasteiger partial charge in [-0.05, 0) is 60.9 Å². The van der Waals surface area contributed by atoms with Crippen LogP contribution >= 0.6 is 23.1 Å². The maximum Gasteiger partial charge on any atom is 0.268 e. The van der Waals surface area contributed by atoms with Crippen molar-refractivity contribution in [1.82, 2.24) is 19.9 Å². The Balaban J connectivity index is 1.30. The lowest BCUT2D eigenvalue weighted by Crippen LogP contribution is -2.27. The first-order valence-electron chi connectivity index (χ1n) is 10.7. The van der Waals surface area contributed by atoms with E-state index in [1.54, 1.807) is 13.3 Å². The first-order valence-corrected chi connectivity index (χ1v) is 12.5. The molecule has 0 spiro atoms. The number of likely N-dealkylation sites (tertiary alicyclic amines) is 1. The fourth-order valence-electron chi connectivity index (χ4n) is 3.79. The Hall–Kier alpha value is -3.17. The average Bonchev–Trinajstić information content (AvgIpc) is 3.53. The number of rotatable bonds is 6. The number of methoxy groups -OCH3 is 1. The van der Waals surface area contributed by atoms with Crippen LogP contribution in [0.1, 0.15) is 29.0 Å². The van der Waals surface area contributed by atoms with E-state index in [4.69, 9.17) is 4.74 Å². The number of nitrogens with one attached hydrogen (secondary N) is 1. The molecule has 1 aliphatic rings. The van der Waals surface area contributed by atoms with Gasteiger partial charge in [0.05, 0.1) is 29.0 Å². The molecule has 4 heterocycles. The van der Waals surface area contributed by atoms with Gasteiger partial charge in [0, 0.05) is 24.2 Å². The lowest BCUT2D eigenvalue weighted by atomic mass is 10.2. The Kier molecular flexibility index (Phi) is 6.15. The summed E-state index contributed by atoms with van der Waals surface area (Å²) in [6, 6.07) is 13.3. The number of benzene rings is 1. The van der Waals surface area contributed by atoms with Crippen LogP contribution in [0, 0.1) is 0 Å². The second-order valence-electron chi connectivity index (χ2n) is 7.74. The minimum absolute atomic E-state index is 0.0399. The SMILES string of the molecule is COc1ccc(-c2cc3nc(CSc4ccc(C(=O)N5CCCC5)cn4)[nH]c(=O)c3s2)cc1. The van der Waals surface area contributed by atoms with Crippen molar-refractivity contribution < 1.29 is 9.53 Å². The van der Waals surface area contributed by atoms with Gasteiger partial charge in [0.1, 0.15) is 16.3 Å². The number of H-pyrrole nitrogens is 1. The summed E-state index contributed by atoms with van der Waals surface area (Å²) in [5, 5.41) is 0.778. The summed E-state index contributed by atoms with van der Waals surface area (Å²) in [7, 11) is 1.63. The minimum atomic E-state index is -0.139. The molecule has 4 aromatic rings. The smallest absolute Gasteiger partial charge is 0.268 e. The third-order valence-electron chi connectivity index (χ3n) is 5.54. The molecule has 0 atom stereocenters. The minimum Gasteiger partial charge on any atom is -0.497 e. The van der Waals surface area contributed by atoms with Gasteiger partial charge in [-0.25, -0.2) is 9.97 Å². The molecule has 168 valence electrons. The van der Waals surface area contributed by atoms with Gasteiger partial charge in [-0.2, -0.15) is 0 Å². The van der Waals surface area contributed by atoms with Crippen molar-refractivity contribution in [2.75, 3.05) is 20.2 Å². The van der Waals surface area contributed by atoms with Crippen molar-refractivity contribution in [2.24, 2.45) is 0 Å². The van der Waals surface area contributed by atoms with Gasteiger partial charge in [0.15, 0.2) is 0 Å². The van der Waals surface area contributed by atoms with E-state index >= 15 is 0 Å². The van der Waals surface area contributed by atoms with Crippen molar-refractivity contribution in [1.29, 1.82) is 0 Å². The Labute approximate surface area is 198 Å². The molecule has 0 radical (unpaired) electrons. The third-order valence-corrected chi connectivity index (χ3v) is 7.67. The number of thiophene rings is 1. The second-order valence-corrected chi connectivity index (χ2v) is 9.79. The monoisotopic (exact) mass is 478 g/mol. The van der Waals surface area contributed by atoms with Gasteiger partial charge < -0.3 is 14.6 Å². The zero-order valence-electron chi connectivity index (χ0n) is 18.0. The van der Waals surface area contributed by atoms with Crippen LogP contribution in [0.5, 0.6) is 5.75 Å². The van der Waals surface area contributed by atoms with Gasteiger partial charge in [0.2, 0.25) is 0 Å². The van der Waals surface area contributed by atoms with Crippen LogP contribution in [0.2, 0.25) is 0 Å². The molecule has 3 aromatic heterocycles. The van der Waals surface area contributed by atoms with Crippen molar-refractivity contribution in [3.63, 3.8) is 0 Å². The van der Waals surface area contributed by atoms with E-state index < -0.39 is 0 Å². The highest BCUT2D eigenvalue weighted by Gasteiger charge is 2.19. The van der Waals surface area contributed by atoms with E-state index in [1.165, 1.54) is 23.1 Å². The maximum atomic E-state index is 12.6. The van der Waals surface area contributed by atoms with Crippen LogP contribution in [-0.2, 0) is 5.75 Å². The normalized spacial score (nSPS) is 13.5. The standard InChI is InChI=1S/C24H22N4O3S2/c1-31-17-7-4-15(5-8-17)19-12-18-22(33-19)23(29)27-20(26-18)14-32-21-9-6-16(13-25-21)24(30)28-10-2-3-11-28/h4-9,12-13H,2-3,10-11,14H2,1H3,(H,26,27,29). The molecule has 1 fully saturated rings. The summed E-state index contributed by atoms with van der Waals surface area (Å²) in [5.41, 5.74) is 2.17. The largest absolute Gasteiger partial charge is 0.497 e. The van der Waals surface area contributed by atoms with Crippen LogP contribution in [-0.4, -0.2) is 46.0 Å². The van der Waals surface area contributed by atoms with Gasteiger partial charge in [-0.3, -0.25) is 9.59 Å². The first-order chi connectivity index (χ1) is 16.1. The van der Waals surface area contributed by atoms with Crippen molar-refractivity contribution in [2.45, 2.75) is 23.6 Å². The number of hydrogen-bond donors (Lipinski definition) is 1. The Morgan fingerprint density at radius 1 is 1.18 bits per heavy atom. The molecule has 1 amide bonds. The van der Waals surface area contributed by atoms with E-state index in [1.807, 2.05) is 47.4 Å². The first kappa shape index (κ1) is 21.7. The number of ether oxygens (including phenoxy) is 1. The number of pyridine rings is 1. The van der Waals surface area contributed by atoms with Crippen LogP contribution < -0.4 is 10.3 Å². The van der Waals surface area contributed by atoms with Gasteiger partial charge in [-0.1, -0.05) is 11.8 Å². The molecule has 7 nitrogen and oxygen atoms in total. The Bertz CT molecular complexity index is 1340. The highest BCUT2D eigenvalue weighted by Crippen LogP contribution is 2.32. The van der Waals surface area contributed by atoms with Gasteiger partial charge >= 0.3 is 0 Å². The van der Waals surface area contributed by atoms with Gasteiger partial charge in [-0.15, -0.1) is 11.3 Å². The Morgan fingerprint density at radius 3 is 2.67 bits per heavy atom. The molecular weight excluding hydrogens is 456 g/mol. The number of nitrogens with zero attached hydrogens (tertiary/aromatic N) is 3. The fraction of sp³-hybridized carbons (Fsp3) is 0.250. The predicted molar refractivity (Wildman–Crippen MR) is 131 cm³/mol. The van der Waals surface area contributed by atoms with E-state index in [2.05, 4.69) is 15.0 Å². The molecule has 9 heteroatoms. The summed E-state index contributed by atoms with van der Waals surface area (Å²) >= 11 is 2.90. The van der Waals surface area contributed by atoms with Crippen LogP contribution in [0.3, 0.4) is 0 Å². The van der Waals surface area contributed by atoms with E-state index in [9.17, 15) is 9.59 Å². The topological polar surface area (TPSA) is 88.2 Å². The summed E-state index contributed by atoms with van der Waals surface area (Å²) in [6.45, 7) is 1.64. The molecule has 0 unspecified atom stereocenters. The lowest BCUT2D eigenvalue weighted by Gasteiger charge is -2.14. The third kappa shape index (κ3) is 4.65. The maximum absolute atomic E-state index is 12.6.